The highest BCUT2D eigenvalue weighted by atomic mass is 35.5. The van der Waals surface area contributed by atoms with Gasteiger partial charge in [0.05, 0.1) is 6.10 Å². The van der Waals surface area contributed by atoms with Gasteiger partial charge in [-0.3, -0.25) is 4.79 Å². The van der Waals surface area contributed by atoms with E-state index in [4.69, 9.17) is 11.6 Å². The van der Waals surface area contributed by atoms with Gasteiger partial charge in [0.2, 0.25) is 5.91 Å². The number of aryl methyl sites for hydroxylation is 1. The number of aliphatic hydroxyl groups excluding tert-OH is 2. The van der Waals surface area contributed by atoms with E-state index in [1.165, 1.54) is 6.92 Å². The Morgan fingerprint density at radius 2 is 2.11 bits per heavy atom. The maximum Gasteiger partial charge on any atom is 0.216 e. The van der Waals surface area contributed by atoms with Gasteiger partial charge in [0.15, 0.2) is 0 Å². The van der Waals surface area contributed by atoms with Crippen LogP contribution in [-0.2, 0) is 4.79 Å². The number of hydrogen-bond donors (Lipinski definition) is 3. The van der Waals surface area contributed by atoms with E-state index in [9.17, 15) is 15.0 Å². The van der Waals surface area contributed by atoms with Gasteiger partial charge in [-0.05, 0) is 30.5 Å². The molecule has 0 aliphatic heterocycles. The van der Waals surface area contributed by atoms with Gasteiger partial charge in [0.1, 0.15) is 6.10 Å². The van der Waals surface area contributed by atoms with Crippen LogP contribution < -0.4 is 5.32 Å². The number of amides is 1. The van der Waals surface area contributed by atoms with Crippen molar-refractivity contribution >= 4 is 17.5 Å². The molecule has 0 aliphatic rings. The van der Waals surface area contributed by atoms with Crippen molar-refractivity contribution in [3.8, 4) is 0 Å². The predicted octanol–water partition coefficient (Wildman–Crippen LogP) is 1.57. The zero-order valence-electron chi connectivity index (χ0n) is 10.5. The molecule has 3 N–H and O–H groups in total. The second-order valence-electron chi connectivity index (χ2n) is 4.29. The summed E-state index contributed by atoms with van der Waals surface area (Å²) in [7, 11) is 0. The summed E-state index contributed by atoms with van der Waals surface area (Å²) >= 11 is 5.96. The van der Waals surface area contributed by atoms with Crippen LogP contribution in [0.1, 0.15) is 30.6 Å². The molecule has 0 radical (unpaired) electrons. The molecule has 100 valence electrons. The second kappa shape index (κ2) is 6.73. The molecular weight excluding hydrogens is 254 g/mol. The summed E-state index contributed by atoms with van der Waals surface area (Å²) < 4.78 is 0. The van der Waals surface area contributed by atoms with Gasteiger partial charge < -0.3 is 15.5 Å². The van der Waals surface area contributed by atoms with Gasteiger partial charge in [0, 0.05) is 18.5 Å². The third-order valence-corrected chi connectivity index (χ3v) is 3.12. The van der Waals surface area contributed by atoms with E-state index >= 15 is 0 Å². The Bertz CT molecular complexity index is 423. The monoisotopic (exact) mass is 271 g/mol. The van der Waals surface area contributed by atoms with Crippen LogP contribution in [-0.4, -0.2) is 28.8 Å². The molecule has 18 heavy (non-hydrogen) atoms. The molecule has 4 nitrogen and oxygen atoms in total. The van der Waals surface area contributed by atoms with E-state index in [1.807, 2.05) is 6.92 Å². The SMILES string of the molecule is CC(=O)NCCC(O)C(O)c1ccc(C)c(Cl)c1. The van der Waals surface area contributed by atoms with Crippen LogP contribution in [0.3, 0.4) is 0 Å². The van der Waals surface area contributed by atoms with E-state index in [2.05, 4.69) is 5.32 Å². The topological polar surface area (TPSA) is 69.6 Å². The van der Waals surface area contributed by atoms with Gasteiger partial charge >= 0.3 is 0 Å². The molecule has 0 saturated carbocycles. The largest absolute Gasteiger partial charge is 0.390 e. The zero-order chi connectivity index (χ0) is 13.7. The molecule has 1 rings (SSSR count). The Morgan fingerprint density at radius 3 is 2.67 bits per heavy atom. The molecule has 1 amide bonds. The van der Waals surface area contributed by atoms with E-state index in [-0.39, 0.29) is 12.3 Å². The van der Waals surface area contributed by atoms with Gasteiger partial charge in [-0.1, -0.05) is 23.7 Å². The summed E-state index contributed by atoms with van der Waals surface area (Å²) in [4.78, 5) is 10.7. The molecule has 0 saturated heterocycles. The Balaban J connectivity index is 2.59. The van der Waals surface area contributed by atoms with E-state index < -0.39 is 12.2 Å². The summed E-state index contributed by atoms with van der Waals surface area (Å²) in [5, 5.41) is 22.9. The first-order valence-corrected chi connectivity index (χ1v) is 6.16. The molecule has 0 spiro atoms. The third kappa shape index (κ3) is 4.29. The number of carbonyl (C=O) groups excluding carboxylic acids is 1. The minimum absolute atomic E-state index is 0.157. The van der Waals surface area contributed by atoms with Crippen LogP contribution >= 0.6 is 11.6 Å². The summed E-state index contributed by atoms with van der Waals surface area (Å²) in [6.07, 6.45) is -1.65. The van der Waals surface area contributed by atoms with Crippen LogP contribution in [0.2, 0.25) is 5.02 Å². The molecule has 0 aliphatic carbocycles. The second-order valence-corrected chi connectivity index (χ2v) is 4.70. The van der Waals surface area contributed by atoms with E-state index in [0.717, 1.165) is 5.56 Å². The molecule has 0 heterocycles. The number of hydrogen-bond acceptors (Lipinski definition) is 3. The van der Waals surface area contributed by atoms with Crippen LogP contribution in [0.4, 0.5) is 0 Å². The Hall–Kier alpha value is -1.10. The molecule has 2 unspecified atom stereocenters. The number of halogens is 1. The molecule has 0 aromatic heterocycles. The molecule has 0 bridgehead atoms. The van der Waals surface area contributed by atoms with E-state index in [0.29, 0.717) is 17.1 Å². The van der Waals surface area contributed by atoms with Gasteiger partial charge in [-0.15, -0.1) is 0 Å². The average molecular weight is 272 g/mol. The van der Waals surface area contributed by atoms with Crippen LogP contribution in [0.5, 0.6) is 0 Å². The standard InChI is InChI=1S/C13H18ClNO3/c1-8-3-4-10(7-11(8)14)13(18)12(17)5-6-15-9(2)16/h3-4,7,12-13,17-18H,5-6H2,1-2H3,(H,15,16). The molecule has 1 aromatic rings. The van der Waals surface area contributed by atoms with Crippen LogP contribution in [0, 0.1) is 6.92 Å². The minimum Gasteiger partial charge on any atom is -0.390 e. The summed E-state index contributed by atoms with van der Waals surface area (Å²) in [6, 6.07) is 5.16. The minimum atomic E-state index is -1.00. The predicted molar refractivity (Wildman–Crippen MR) is 70.5 cm³/mol. The van der Waals surface area contributed by atoms with Gasteiger partial charge in [-0.2, -0.15) is 0 Å². The van der Waals surface area contributed by atoms with Crippen LogP contribution in [0.15, 0.2) is 18.2 Å². The first-order chi connectivity index (χ1) is 8.41. The van der Waals surface area contributed by atoms with Crippen molar-refractivity contribution in [2.24, 2.45) is 0 Å². The maximum atomic E-state index is 10.7. The van der Waals surface area contributed by atoms with E-state index in [1.54, 1.807) is 18.2 Å². The Labute approximate surface area is 112 Å². The van der Waals surface area contributed by atoms with Crippen LogP contribution in [0.25, 0.3) is 0 Å². The van der Waals surface area contributed by atoms with Gasteiger partial charge in [-0.25, -0.2) is 0 Å². The highest BCUT2D eigenvalue weighted by molar-refractivity contribution is 6.31. The summed E-state index contributed by atoms with van der Waals surface area (Å²) in [5.74, 6) is -0.157. The molecule has 0 fully saturated rings. The lowest BCUT2D eigenvalue weighted by atomic mass is 10.0. The normalized spacial score (nSPS) is 14.1. The highest BCUT2D eigenvalue weighted by Crippen LogP contribution is 2.24. The number of carbonyl (C=O) groups is 1. The van der Waals surface area contributed by atoms with Crippen molar-refractivity contribution < 1.29 is 15.0 Å². The first-order valence-electron chi connectivity index (χ1n) is 5.78. The highest BCUT2D eigenvalue weighted by Gasteiger charge is 2.18. The summed E-state index contributed by atoms with van der Waals surface area (Å²) in [5.41, 5.74) is 1.49. The van der Waals surface area contributed by atoms with Crippen molar-refractivity contribution in [2.45, 2.75) is 32.5 Å². The lowest BCUT2D eigenvalue weighted by molar-refractivity contribution is -0.119. The van der Waals surface area contributed by atoms with Gasteiger partial charge in [0.25, 0.3) is 0 Å². The number of nitrogens with one attached hydrogen (secondary N) is 1. The fraction of sp³-hybridized carbons (Fsp3) is 0.462. The summed E-state index contributed by atoms with van der Waals surface area (Å²) in [6.45, 7) is 3.60. The smallest absolute Gasteiger partial charge is 0.216 e. The zero-order valence-corrected chi connectivity index (χ0v) is 11.2. The molecule has 5 heteroatoms. The third-order valence-electron chi connectivity index (χ3n) is 2.72. The fourth-order valence-corrected chi connectivity index (χ4v) is 1.76. The molecule has 2 atom stereocenters. The quantitative estimate of drug-likeness (QED) is 0.761. The lowest BCUT2D eigenvalue weighted by Gasteiger charge is -2.18. The molecular formula is C13H18ClNO3. The average Bonchev–Trinajstić information content (AvgIpc) is 2.31. The van der Waals surface area contributed by atoms with Crippen molar-refractivity contribution in [2.75, 3.05) is 6.54 Å². The molecule has 1 aromatic carbocycles. The maximum absolute atomic E-state index is 10.7. The van der Waals surface area contributed by atoms with Crippen molar-refractivity contribution in [3.63, 3.8) is 0 Å². The van der Waals surface area contributed by atoms with Crippen molar-refractivity contribution in [1.82, 2.24) is 5.32 Å². The van der Waals surface area contributed by atoms with Crippen molar-refractivity contribution in [1.29, 1.82) is 0 Å². The number of rotatable bonds is 5. The Morgan fingerprint density at radius 1 is 1.44 bits per heavy atom. The van der Waals surface area contributed by atoms with Crippen molar-refractivity contribution in [3.05, 3.63) is 34.3 Å². The lowest BCUT2D eigenvalue weighted by Crippen LogP contribution is -2.27. The first kappa shape index (κ1) is 15.0. The Kier molecular flexibility index (Phi) is 5.59. The number of aliphatic hydroxyl groups is 2. The fourth-order valence-electron chi connectivity index (χ4n) is 1.57. The number of benzene rings is 1.